The molecular weight excluding hydrogens is 303 g/mol. The highest BCUT2D eigenvalue weighted by Crippen LogP contribution is 2.29. The van der Waals surface area contributed by atoms with Crippen LogP contribution in [0.15, 0.2) is 24.3 Å². The quantitative estimate of drug-likeness (QED) is 0.722. The fourth-order valence-electron chi connectivity index (χ4n) is 1.99. The first kappa shape index (κ1) is 17.8. The normalized spacial score (nSPS) is 11.8. The minimum Gasteiger partial charge on any atom is -0.340 e. The smallest absolute Gasteiger partial charge is 0.340 e. The Morgan fingerprint density at radius 2 is 1.81 bits per heavy atom. The van der Waals surface area contributed by atoms with Gasteiger partial charge in [0.1, 0.15) is 0 Å². The highest BCUT2D eigenvalue weighted by Gasteiger charge is 2.30. The first-order chi connectivity index (χ1) is 9.75. The third-order valence-electron chi connectivity index (χ3n) is 3.11. The van der Waals surface area contributed by atoms with Crippen molar-refractivity contribution in [3.8, 4) is 0 Å². The molecule has 21 heavy (non-hydrogen) atoms. The van der Waals surface area contributed by atoms with Gasteiger partial charge in [-0.3, -0.25) is 4.79 Å². The second kappa shape index (κ2) is 7.69. The van der Waals surface area contributed by atoms with Crippen LogP contribution in [-0.2, 0) is 17.4 Å². The van der Waals surface area contributed by atoms with Crippen LogP contribution in [0.4, 0.5) is 13.2 Å². The van der Waals surface area contributed by atoms with Crippen LogP contribution < -0.4 is 0 Å². The van der Waals surface area contributed by atoms with E-state index in [-0.39, 0.29) is 18.4 Å². The summed E-state index contributed by atoms with van der Waals surface area (Å²) >= 11 is 5.63. The van der Waals surface area contributed by atoms with Crippen LogP contribution in [0.3, 0.4) is 0 Å². The lowest BCUT2D eigenvalue weighted by Crippen LogP contribution is -2.38. The van der Waals surface area contributed by atoms with Crippen LogP contribution in [0, 0.1) is 0 Å². The number of carbonyl (C=O) groups excluding carboxylic acids is 1. The SMILES string of the molecule is CC(C)N(CCCCl)C(=O)Cc1ccc(C(F)(F)F)cc1. The number of benzene rings is 1. The molecule has 0 aliphatic heterocycles. The molecule has 2 nitrogen and oxygen atoms in total. The molecule has 1 aromatic carbocycles. The molecule has 0 atom stereocenters. The van der Waals surface area contributed by atoms with Crippen molar-refractivity contribution >= 4 is 17.5 Å². The van der Waals surface area contributed by atoms with Gasteiger partial charge in [-0.25, -0.2) is 0 Å². The van der Waals surface area contributed by atoms with Crippen LogP contribution in [0.25, 0.3) is 0 Å². The summed E-state index contributed by atoms with van der Waals surface area (Å²) in [5, 5.41) is 0. The lowest BCUT2D eigenvalue weighted by molar-refractivity contribution is -0.137. The number of halogens is 4. The van der Waals surface area contributed by atoms with Crippen LogP contribution in [0.1, 0.15) is 31.4 Å². The van der Waals surface area contributed by atoms with Gasteiger partial charge in [0, 0.05) is 18.5 Å². The monoisotopic (exact) mass is 321 g/mol. The fourth-order valence-corrected chi connectivity index (χ4v) is 2.11. The molecule has 6 heteroatoms. The Hall–Kier alpha value is -1.23. The van der Waals surface area contributed by atoms with E-state index in [9.17, 15) is 18.0 Å². The van der Waals surface area contributed by atoms with Crippen LogP contribution in [0.2, 0.25) is 0 Å². The van der Waals surface area contributed by atoms with Crippen molar-refractivity contribution in [3.63, 3.8) is 0 Å². The number of carbonyl (C=O) groups is 1. The molecule has 0 N–H and O–H groups in total. The Balaban J connectivity index is 2.72. The molecule has 118 valence electrons. The molecule has 0 spiro atoms. The summed E-state index contributed by atoms with van der Waals surface area (Å²) in [6.07, 6.45) is -3.57. The van der Waals surface area contributed by atoms with Crippen molar-refractivity contribution in [2.24, 2.45) is 0 Å². The summed E-state index contributed by atoms with van der Waals surface area (Å²) in [5.74, 6) is 0.367. The Bertz CT molecular complexity index is 457. The Morgan fingerprint density at radius 3 is 2.24 bits per heavy atom. The van der Waals surface area contributed by atoms with E-state index in [0.717, 1.165) is 12.1 Å². The molecule has 0 unspecified atom stereocenters. The van der Waals surface area contributed by atoms with E-state index in [1.807, 2.05) is 13.8 Å². The molecule has 0 aromatic heterocycles. The summed E-state index contributed by atoms with van der Waals surface area (Å²) in [4.78, 5) is 13.9. The van der Waals surface area contributed by atoms with Crippen molar-refractivity contribution in [1.82, 2.24) is 4.90 Å². The second-order valence-corrected chi connectivity index (χ2v) is 5.47. The van der Waals surface area contributed by atoms with Crippen LogP contribution in [0.5, 0.6) is 0 Å². The predicted molar refractivity (Wildman–Crippen MR) is 77.3 cm³/mol. The lowest BCUT2D eigenvalue weighted by Gasteiger charge is -2.26. The van der Waals surface area contributed by atoms with Crippen molar-refractivity contribution in [2.45, 2.75) is 38.9 Å². The average molecular weight is 322 g/mol. The van der Waals surface area contributed by atoms with E-state index < -0.39 is 11.7 Å². The molecule has 0 aliphatic rings. The van der Waals surface area contributed by atoms with Gasteiger partial charge in [-0.1, -0.05) is 12.1 Å². The Labute approximate surface area is 127 Å². The fraction of sp³-hybridized carbons (Fsp3) is 0.533. The zero-order valence-electron chi connectivity index (χ0n) is 12.1. The average Bonchev–Trinajstić information content (AvgIpc) is 2.38. The molecule has 0 aliphatic carbocycles. The van der Waals surface area contributed by atoms with E-state index in [1.165, 1.54) is 12.1 Å². The number of nitrogens with zero attached hydrogens (tertiary/aromatic N) is 1. The summed E-state index contributed by atoms with van der Waals surface area (Å²) in [6.45, 7) is 4.36. The first-order valence-electron chi connectivity index (χ1n) is 6.77. The van der Waals surface area contributed by atoms with Gasteiger partial charge in [0.2, 0.25) is 5.91 Å². The van der Waals surface area contributed by atoms with Crippen LogP contribution >= 0.6 is 11.6 Å². The number of hydrogen-bond donors (Lipinski definition) is 0. The molecule has 0 saturated heterocycles. The van der Waals surface area contributed by atoms with E-state index in [0.29, 0.717) is 24.4 Å². The van der Waals surface area contributed by atoms with Gasteiger partial charge < -0.3 is 4.90 Å². The molecule has 0 bridgehead atoms. The van der Waals surface area contributed by atoms with Gasteiger partial charge in [0.05, 0.1) is 12.0 Å². The van der Waals surface area contributed by atoms with Crippen molar-refractivity contribution in [2.75, 3.05) is 12.4 Å². The van der Waals surface area contributed by atoms with E-state index in [2.05, 4.69) is 0 Å². The van der Waals surface area contributed by atoms with E-state index in [1.54, 1.807) is 4.90 Å². The molecule has 0 heterocycles. The second-order valence-electron chi connectivity index (χ2n) is 5.09. The number of amides is 1. The summed E-state index contributed by atoms with van der Waals surface area (Å²) in [7, 11) is 0. The molecule has 0 fully saturated rings. The van der Waals surface area contributed by atoms with Crippen molar-refractivity contribution in [1.29, 1.82) is 0 Å². The van der Waals surface area contributed by atoms with Gasteiger partial charge in [0.15, 0.2) is 0 Å². The highest BCUT2D eigenvalue weighted by molar-refractivity contribution is 6.17. The third kappa shape index (κ3) is 5.58. The van der Waals surface area contributed by atoms with E-state index in [4.69, 9.17) is 11.6 Å². The minimum atomic E-state index is -4.35. The maximum absolute atomic E-state index is 12.5. The molecule has 0 radical (unpaired) electrons. The summed E-state index contributed by atoms with van der Waals surface area (Å²) in [6, 6.07) is 4.74. The topological polar surface area (TPSA) is 20.3 Å². The lowest BCUT2D eigenvalue weighted by atomic mass is 10.1. The number of hydrogen-bond acceptors (Lipinski definition) is 1. The van der Waals surface area contributed by atoms with Gasteiger partial charge in [-0.15, -0.1) is 11.6 Å². The standard InChI is InChI=1S/C15H19ClF3NO/c1-11(2)20(9-3-8-16)14(21)10-12-4-6-13(7-5-12)15(17,18)19/h4-7,11H,3,8-10H2,1-2H3. The first-order valence-corrected chi connectivity index (χ1v) is 7.30. The third-order valence-corrected chi connectivity index (χ3v) is 3.38. The Kier molecular flexibility index (Phi) is 6.52. The van der Waals surface area contributed by atoms with E-state index >= 15 is 0 Å². The predicted octanol–water partition coefficient (Wildman–Crippen LogP) is 4.11. The molecule has 1 amide bonds. The van der Waals surface area contributed by atoms with Gasteiger partial charge in [-0.05, 0) is 38.0 Å². The molecule has 1 rings (SSSR count). The van der Waals surface area contributed by atoms with Crippen LogP contribution in [-0.4, -0.2) is 29.3 Å². The molecule has 0 saturated carbocycles. The highest BCUT2D eigenvalue weighted by atomic mass is 35.5. The molecule has 1 aromatic rings. The van der Waals surface area contributed by atoms with Crippen molar-refractivity contribution < 1.29 is 18.0 Å². The zero-order chi connectivity index (χ0) is 16.0. The maximum atomic E-state index is 12.5. The zero-order valence-corrected chi connectivity index (χ0v) is 12.8. The minimum absolute atomic E-state index is 0.0372. The van der Waals surface area contributed by atoms with Crippen molar-refractivity contribution in [3.05, 3.63) is 35.4 Å². The van der Waals surface area contributed by atoms with Gasteiger partial charge >= 0.3 is 6.18 Å². The number of alkyl halides is 4. The molecular formula is C15H19ClF3NO. The Morgan fingerprint density at radius 1 is 1.24 bits per heavy atom. The van der Waals surface area contributed by atoms with Gasteiger partial charge in [-0.2, -0.15) is 13.2 Å². The maximum Gasteiger partial charge on any atom is 0.416 e. The summed E-state index contributed by atoms with van der Waals surface area (Å²) < 4.78 is 37.4. The summed E-state index contributed by atoms with van der Waals surface area (Å²) in [5.41, 5.74) is -0.133. The number of rotatable bonds is 6. The van der Waals surface area contributed by atoms with Gasteiger partial charge in [0.25, 0.3) is 0 Å². The largest absolute Gasteiger partial charge is 0.416 e.